The Morgan fingerprint density at radius 3 is 2.65 bits per heavy atom. The number of aryl methyl sites for hydroxylation is 1. The molecule has 1 aliphatic heterocycles. The number of hydrogen-bond donors (Lipinski definition) is 2. The van der Waals surface area contributed by atoms with Crippen LogP contribution in [0.2, 0.25) is 0 Å². The molecule has 1 saturated heterocycles. The van der Waals surface area contributed by atoms with Gasteiger partial charge < -0.3 is 15.1 Å². The minimum atomic E-state index is -3.43. The van der Waals surface area contributed by atoms with Gasteiger partial charge in [0, 0.05) is 23.8 Å². The van der Waals surface area contributed by atoms with E-state index in [1.807, 2.05) is 37.3 Å². The molecule has 3 rings (SSSR count). The number of likely N-dealkylation sites (tertiary alicyclic amines) is 1. The number of rotatable bonds is 9. The summed E-state index contributed by atoms with van der Waals surface area (Å²) < 4.78 is 28.2. The highest BCUT2D eigenvalue weighted by molar-refractivity contribution is 7.13. The number of carbonyl (C=O) groups is 2. The van der Waals surface area contributed by atoms with Gasteiger partial charge in [-0.15, -0.1) is 11.3 Å². The third-order valence-electron chi connectivity index (χ3n) is 5.50. The van der Waals surface area contributed by atoms with Crippen LogP contribution in [0.25, 0.3) is 0 Å². The van der Waals surface area contributed by atoms with E-state index in [1.165, 1.54) is 18.2 Å². The van der Waals surface area contributed by atoms with E-state index >= 15 is 0 Å². The van der Waals surface area contributed by atoms with E-state index in [1.54, 1.807) is 6.07 Å². The van der Waals surface area contributed by atoms with Crippen LogP contribution in [0, 0.1) is 0 Å². The summed E-state index contributed by atoms with van der Waals surface area (Å²) >= 11 is 1.14. The van der Waals surface area contributed by atoms with E-state index in [4.69, 9.17) is 5.11 Å². The molecule has 1 aromatic carbocycles. The number of aromatic carboxylic acids is 1. The molecule has 31 heavy (non-hydrogen) atoms. The molecule has 5 nitrogen and oxygen atoms in total. The van der Waals surface area contributed by atoms with Crippen LogP contribution in [0.3, 0.4) is 0 Å². The van der Waals surface area contributed by atoms with Crippen LogP contribution < -0.4 is 0 Å². The maximum absolute atomic E-state index is 14.1. The lowest BCUT2D eigenvalue weighted by molar-refractivity contribution is -0.148. The van der Waals surface area contributed by atoms with Crippen molar-refractivity contribution in [3.63, 3.8) is 0 Å². The second-order valence-electron chi connectivity index (χ2n) is 7.72. The third kappa shape index (κ3) is 5.57. The molecule has 166 valence electrons. The lowest BCUT2D eigenvalue weighted by atomic mass is 9.94. The Balaban J connectivity index is 1.62. The van der Waals surface area contributed by atoms with Crippen LogP contribution in [0.15, 0.2) is 54.6 Å². The Hall–Kier alpha value is -2.58. The molecule has 1 aliphatic rings. The third-order valence-corrected chi connectivity index (χ3v) is 6.64. The summed E-state index contributed by atoms with van der Waals surface area (Å²) in [6.07, 6.45) is 2.44. The van der Waals surface area contributed by atoms with Gasteiger partial charge in [0.2, 0.25) is 0 Å². The molecule has 8 heteroatoms. The summed E-state index contributed by atoms with van der Waals surface area (Å²) in [6.45, 7) is 1.98. The van der Waals surface area contributed by atoms with Crippen molar-refractivity contribution in [1.82, 2.24) is 4.90 Å². The Bertz CT molecular complexity index is 944. The lowest BCUT2D eigenvalue weighted by Crippen LogP contribution is -2.36. The van der Waals surface area contributed by atoms with Gasteiger partial charge in [0.1, 0.15) is 4.88 Å². The van der Waals surface area contributed by atoms with Crippen LogP contribution in [-0.2, 0) is 11.2 Å². The Labute approximate surface area is 183 Å². The van der Waals surface area contributed by atoms with Crippen LogP contribution in [0.4, 0.5) is 8.78 Å². The molecule has 0 unspecified atom stereocenters. The number of thiophene rings is 1. The summed E-state index contributed by atoms with van der Waals surface area (Å²) in [7, 11) is 0. The van der Waals surface area contributed by atoms with Gasteiger partial charge in [-0.05, 0) is 30.5 Å². The molecule has 1 fully saturated rings. The van der Waals surface area contributed by atoms with Crippen molar-refractivity contribution < 1.29 is 28.6 Å². The van der Waals surface area contributed by atoms with Gasteiger partial charge in [0.05, 0.1) is 12.1 Å². The van der Waals surface area contributed by atoms with Crippen molar-refractivity contribution in [1.29, 1.82) is 0 Å². The summed E-state index contributed by atoms with van der Waals surface area (Å²) in [6, 6.07) is 11.8. The molecular weight excluding hydrogens is 424 g/mol. The van der Waals surface area contributed by atoms with E-state index in [0.717, 1.165) is 26.7 Å². The molecule has 2 aromatic rings. The Morgan fingerprint density at radius 2 is 2.00 bits per heavy atom. The van der Waals surface area contributed by atoms with E-state index in [-0.39, 0.29) is 17.3 Å². The summed E-state index contributed by atoms with van der Waals surface area (Å²) in [5, 5.41) is 19.4. The van der Waals surface area contributed by atoms with Crippen molar-refractivity contribution in [2.24, 2.45) is 0 Å². The monoisotopic (exact) mass is 449 g/mol. The first kappa shape index (κ1) is 23.1. The fourth-order valence-electron chi connectivity index (χ4n) is 3.67. The zero-order chi connectivity index (χ0) is 22.6. The molecule has 1 amide bonds. The van der Waals surface area contributed by atoms with Crippen LogP contribution in [-0.4, -0.2) is 51.6 Å². The minimum Gasteiger partial charge on any atom is -0.477 e. The maximum Gasteiger partial charge on any atom is 0.345 e. The first-order valence-corrected chi connectivity index (χ1v) is 10.9. The number of nitrogens with zero attached hydrogens (tertiary/aromatic N) is 1. The number of benzene rings is 1. The number of hydrogen-bond acceptors (Lipinski definition) is 4. The van der Waals surface area contributed by atoms with Gasteiger partial charge in [-0.3, -0.25) is 4.79 Å². The van der Waals surface area contributed by atoms with E-state index in [9.17, 15) is 23.5 Å². The average Bonchev–Trinajstić information content (AvgIpc) is 3.30. The van der Waals surface area contributed by atoms with Crippen molar-refractivity contribution in [3.8, 4) is 0 Å². The summed E-state index contributed by atoms with van der Waals surface area (Å²) in [5.41, 5.74) is 0.931. The van der Waals surface area contributed by atoms with E-state index in [0.29, 0.717) is 12.8 Å². The predicted molar refractivity (Wildman–Crippen MR) is 115 cm³/mol. The highest BCUT2D eigenvalue weighted by Crippen LogP contribution is 2.34. The summed E-state index contributed by atoms with van der Waals surface area (Å²) in [5.74, 6) is -5.85. The zero-order valence-corrected chi connectivity index (χ0v) is 17.9. The molecule has 2 N–H and O–H groups in total. The van der Waals surface area contributed by atoms with Crippen molar-refractivity contribution in [2.75, 3.05) is 6.54 Å². The Kier molecular flexibility index (Phi) is 7.23. The second-order valence-corrected chi connectivity index (χ2v) is 8.89. The number of amides is 1. The first-order chi connectivity index (χ1) is 14.7. The topological polar surface area (TPSA) is 77.8 Å². The molecule has 0 saturated carbocycles. The number of alkyl halides is 2. The largest absolute Gasteiger partial charge is 0.477 e. The zero-order valence-electron chi connectivity index (χ0n) is 17.1. The van der Waals surface area contributed by atoms with E-state index in [2.05, 4.69) is 0 Å². The van der Waals surface area contributed by atoms with Gasteiger partial charge in [-0.2, -0.15) is 8.78 Å². The minimum absolute atomic E-state index is 0.133. The van der Waals surface area contributed by atoms with Crippen molar-refractivity contribution in [3.05, 3.63) is 69.9 Å². The van der Waals surface area contributed by atoms with Crippen LogP contribution in [0.1, 0.15) is 45.8 Å². The molecule has 0 aliphatic carbocycles. The fourth-order valence-corrected chi connectivity index (χ4v) is 4.56. The average molecular weight is 450 g/mol. The van der Waals surface area contributed by atoms with Gasteiger partial charge in [-0.25, -0.2) is 4.79 Å². The number of carboxylic acid groups (broad SMARTS) is 1. The number of aliphatic hydroxyl groups is 1. The predicted octanol–water partition coefficient (Wildman–Crippen LogP) is 4.34. The number of carbonyl (C=O) groups excluding carboxylic acids is 1. The lowest BCUT2D eigenvalue weighted by Gasteiger charge is -2.22. The number of halogens is 2. The van der Waals surface area contributed by atoms with Crippen molar-refractivity contribution in [2.45, 2.75) is 50.2 Å². The summed E-state index contributed by atoms with van der Waals surface area (Å²) in [4.78, 5) is 25.4. The first-order valence-electron chi connectivity index (χ1n) is 10.1. The van der Waals surface area contributed by atoms with Gasteiger partial charge >= 0.3 is 11.9 Å². The van der Waals surface area contributed by atoms with Crippen LogP contribution in [0.5, 0.6) is 0 Å². The molecule has 0 spiro atoms. The second kappa shape index (κ2) is 9.70. The highest BCUT2D eigenvalue weighted by Gasteiger charge is 2.52. The molecule has 3 atom stereocenters. The Morgan fingerprint density at radius 1 is 1.29 bits per heavy atom. The quantitative estimate of drug-likeness (QED) is 0.559. The maximum atomic E-state index is 14.1. The number of aliphatic hydroxyl groups excluding tert-OH is 1. The molecule has 0 radical (unpaired) electrons. The normalized spacial score (nSPS) is 20.3. The standard InChI is InChI=1S/C23H25F2NO4S/c1-15(16-6-3-2-4-7-16)19(27)11-9-17-14-23(24,25)22(30)26(17)13-5-8-18-10-12-20(31-18)21(28)29/h2-4,6-7,9-12,15,17,19,27H,5,8,13-14H2,1H3,(H,28,29)/b11-9+/t15-,17-,19-/m0/s1. The molecular formula is C23H25F2NO4S. The molecule has 2 heterocycles. The molecule has 1 aromatic heterocycles. The van der Waals surface area contributed by atoms with Gasteiger partial charge in [0.25, 0.3) is 5.91 Å². The van der Waals surface area contributed by atoms with Gasteiger partial charge in [0.15, 0.2) is 0 Å². The van der Waals surface area contributed by atoms with Crippen molar-refractivity contribution >= 4 is 23.2 Å². The van der Waals surface area contributed by atoms with Crippen LogP contribution >= 0.6 is 11.3 Å². The highest BCUT2D eigenvalue weighted by atomic mass is 32.1. The fraction of sp³-hybridized carbons (Fsp3) is 0.391. The number of carboxylic acids is 1. The SMILES string of the molecule is C[C@@H](c1ccccc1)[C@@H](O)/C=C/[C@H]1CC(F)(F)C(=O)N1CCCc1ccc(C(=O)O)s1. The van der Waals surface area contributed by atoms with E-state index < -0.39 is 36.4 Å². The smallest absolute Gasteiger partial charge is 0.345 e. The van der Waals surface area contributed by atoms with Gasteiger partial charge in [-0.1, -0.05) is 49.4 Å². The molecule has 0 bridgehead atoms.